The number of hydrogen-bond donors (Lipinski definition) is 1. The Kier molecular flexibility index (Phi) is 17.5. The third-order valence-electron chi connectivity index (χ3n) is 1.75. The van der Waals surface area contributed by atoms with Crippen molar-refractivity contribution in [1.29, 1.82) is 0 Å². The number of ether oxygens (including phenoxy) is 2. The van der Waals surface area contributed by atoms with Crippen LogP contribution in [0.25, 0.3) is 0 Å². The molecule has 16 heavy (non-hydrogen) atoms. The second-order valence-electron chi connectivity index (χ2n) is 3.08. The van der Waals surface area contributed by atoms with Gasteiger partial charge in [0.2, 0.25) is 0 Å². The molecule has 0 aromatic carbocycles. The number of carbonyl (C=O) groups is 1. The van der Waals surface area contributed by atoms with Crippen LogP contribution < -0.4 is 0 Å². The third-order valence-corrected chi connectivity index (χ3v) is 6.17. The van der Waals surface area contributed by atoms with E-state index in [1.807, 2.05) is 0 Å². The van der Waals surface area contributed by atoms with Crippen LogP contribution in [0.3, 0.4) is 0 Å². The van der Waals surface area contributed by atoms with E-state index in [1.54, 1.807) is 0 Å². The van der Waals surface area contributed by atoms with Gasteiger partial charge in [-0.05, 0) is 0 Å². The molecule has 0 spiro atoms. The summed E-state index contributed by atoms with van der Waals surface area (Å²) in [5, 5.41) is 7.42. The molecule has 0 saturated carbocycles. The Bertz CT molecular complexity index is 151. The van der Waals surface area contributed by atoms with Crippen LogP contribution >= 0.6 is 0 Å². The molecule has 0 aliphatic carbocycles. The molecule has 0 rings (SSSR count). The van der Waals surface area contributed by atoms with Crippen LogP contribution in [0.2, 0.25) is 7.86 Å². The molecule has 88 valence electrons. The second-order valence-corrected chi connectivity index (χ2v) is 7.57. The molecular weight excluding hydrogens is 585 g/mol. The Hall–Kier alpha value is 1.26. The monoisotopic (exact) mass is 608 g/mol. The van der Waals surface area contributed by atoms with Crippen molar-refractivity contribution in [3.63, 3.8) is 0 Å². The Balaban J connectivity index is 0. The number of rotatable bonds is 7. The van der Waals surface area contributed by atoms with E-state index in [4.69, 9.17) is 19.4 Å². The Morgan fingerprint density at radius 2 is 1.38 bits per heavy atom. The topological polar surface area (TPSA) is 55.8 Å². The number of hydrogen-bond acceptors (Lipinski definition) is 3. The van der Waals surface area contributed by atoms with Crippen LogP contribution in [0.15, 0.2) is 0 Å². The number of aliphatic carboxylic acids is 1. The first kappa shape index (κ1) is 19.6. The van der Waals surface area contributed by atoms with Crippen LogP contribution in [-0.2, 0) is 66.5 Å². The summed E-state index contributed by atoms with van der Waals surface area (Å²) in [5.41, 5.74) is 0. The summed E-state index contributed by atoms with van der Waals surface area (Å²) in [6.45, 7) is 6.88. The van der Waals surface area contributed by atoms with Crippen molar-refractivity contribution < 1.29 is 71.6 Å². The predicted octanol–water partition coefficient (Wildman–Crippen LogP) is 1.82. The zero-order chi connectivity index (χ0) is 13.0. The van der Waals surface area contributed by atoms with Crippen LogP contribution in [-0.4, -0.2) is 36.5 Å². The molecule has 4 nitrogen and oxygen atoms in total. The molecule has 0 aromatic rings. The molecule has 0 aliphatic rings. The van der Waals surface area contributed by atoms with Crippen molar-refractivity contribution in [2.45, 2.75) is 40.8 Å². The van der Waals surface area contributed by atoms with Gasteiger partial charge in [0.15, 0.2) is 0 Å². The molecule has 0 saturated heterocycles. The molecular formula is C10H20Hg2O4. The van der Waals surface area contributed by atoms with Gasteiger partial charge < -0.3 is 5.11 Å². The van der Waals surface area contributed by atoms with Crippen LogP contribution in [0.1, 0.15) is 20.8 Å². The summed E-state index contributed by atoms with van der Waals surface area (Å²) in [4.78, 5) is 9.00. The summed E-state index contributed by atoms with van der Waals surface area (Å²) in [6.07, 6.45) is 0.826. The molecule has 1 N–H and O–H groups in total. The number of carboxylic acids is 1. The molecule has 0 amide bonds. The van der Waals surface area contributed by atoms with E-state index < -0.39 is 5.97 Å². The van der Waals surface area contributed by atoms with E-state index in [2.05, 4.69) is 13.8 Å². The maximum atomic E-state index is 9.00. The van der Waals surface area contributed by atoms with Gasteiger partial charge in [0.05, 0.1) is 0 Å². The fourth-order valence-electron chi connectivity index (χ4n) is 1.18. The standard InChI is InChI=1S/C8H16O2.C2H4O2.2Hg/c1-5-9-7(3)8(4)10-6-2;1-2(3)4;;/h7-8H,3-6H2,1-2H3;1H3,(H,3,4);;/t7-,8+;;;. The second kappa shape index (κ2) is 14.3. The summed E-state index contributed by atoms with van der Waals surface area (Å²) in [7, 11) is 0. The van der Waals surface area contributed by atoms with E-state index in [9.17, 15) is 0 Å². The quantitative estimate of drug-likeness (QED) is 0.451. The molecule has 0 aliphatic heterocycles. The van der Waals surface area contributed by atoms with Gasteiger partial charge in [-0.2, -0.15) is 0 Å². The predicted molar refractivity (Wildman–Crippen MR) is 53.8 cm³/mol. The maximum absolute atomic E-state index is 9.00. The summed E-state index contributed by atoms with van der Waals surface area (Å²) < 4.78 is 13.8. The third kappa shape index (κ3) is 13.3. The van der Waals surface area contributed by atoms with Crippen molar-refractivity contribution in [1.82, 2.24) is 0 Å². The Labute approximate surface area is 130 Å². The van der Waals surface area contributed by atoms with Crippen molar-refractivity contribution in [3.05, 3.63) is 0 Å². The molecule has 0 aromatic heterocycles. The minimum atomic E-state index is -0.833. The first-order valence-corrected chi connectivity index (χ1v) is 13.3. The SMILES string of the molecule is CC(=O)O.CCO[C@@H]([CH2][Hg])[C@@H]([CH2][Hg])OCC. The van der Waals surface area contributed by atoms with Gasteiger partial charge >= 0.3 is 109 Å². The molecule has 0 unspecified atom stereocenters. The van der Waals surface area contributed by atoms with Crippen LogP contribution in [0.5, 0.6) is 0 Å². The van der Waals surface area contributed by atoms with Crippen LogP contribution in [0, 0.1) is 0 Å². The van der Waals surface area contributed by atoms with Crippen molar-refractivity contribution in [2.24, 2.45) is 0 Å². The van der Waals surface area contributed by atoms with E-state index in [1.165, 1.54) is 7.86 Å². The average Bonchev–Trinajstić information content (AvgIpc) is 2.22. The zero-order valence-electron chi connectivity index (χ0n) is 10.6. The fourth-order valence-corrected chi connectivity index (χ4v) is 5.37. The molecule has 0 heterocycles. The summed E-state index contributed by atoms with van der Waals surface area (Å²) in [5.74, 6) is -0.833. The first-order valence-electron chi connectivity index (χ1n) is 5.54. The van der Waals surface area contributed by atoms with Gasteiger partial charge in [-0.1, -0.05) is 0 Å². The molecule has 0 bridgehead atoms. The summed E-state index contributed by atoms with van der Waals surface area (Å²) >= 11 is 1.67. The van der Waals surface area contributed by atoms with Gasteiger partial charge in [-0.3, -0.25) is 4.79 Å². The van der Waals surface area contributed by atoms with Gasteiger partial charge in [-0.15, -0.1) is 0 Å². The van der Waals surface area contributed by atoms with E-state index >= 15 is 0 Å². The van der Waals surface area contributed by atoms with E-state index in [0.717, 1.165) is 72.4 Å². The normalized spacial score (nSPS) is 13.7. The molecule has 6 heteroatoms. The first-order chi connectivity index (χ1) is 7.53. The van der Waals surface area contributed by atoms with Crippen molar-refractivity contribution in [2.75, 3.05) is 13.2 Å². The van der Waals surface area contributed by atoms with E-state index in [0.29, 0.717) is 12.2 Å². The van der Waals surface area contributed by atoms with Crippen LogP contribution in [0.4, 0.5) is 0 Å². The number of carboxylic acid groups (broad SMARTS) is 1. The van der Waals surface area contributed by atoms with Gasteiger partial charge in [0, 0.05) is 6.92 Å². The molecule has 2 atom stereocenters. The molecule has 0 fully saturated rings. The molecule has 0 radical (unpaired) electrons. The minimum absolute atomic E-state index is 0.413. The van der Waals surface area contributed by atoms with Gasteiger partial charge in [0.25, 0.3) is 5.97 Å². The van der Waals surface area contributed by atoms with Gasteiger partial charge in [0.1, 0.15) is 0 Å². The van der Waals surface area contributed by atoms with Crippen molar-refractivity contribution in [3.8, 4) is 0 Å². The Morgan fingerprint density at radius 3 is 1.50 bits per heavy atom. The van der Waals surface area contributed by atoms with Gasteiger partial charge in [-0.25, -0.2) is 0 Å². The fraction of sp³-hybridized carbons (Fsp3) is 0.900. The van der Waals surface area contributed by atoms with E-state index in [-0.39, 0.29) is 0 Å². The van der Waals surface area contributed by atoms with Crippen molar-refractivity contribution >= 4 is 5.97 Å². The summed E-state index contributed by atoms with van der Waals surface area (Å²) in [6, 6.07) is 0. The Morgan fingerprint density at radius 1 is 1.12 bits per heavy atom. The average molecular weight is 605 g/mol. The zero-order valence-corrected chi connectivity index (χ0v) is 21.6.